The summed E-state index contributed by atoms with van der Waals surface area (Å²) in [5.74, 6) is -3.29. The Morgan fingerprint density at radius 3 is 2.02 bits per heavy atom. The first-order chi connectivity index (χ1) is 19.7. The average Bonchev–Trinajstić information content (AvgIpc) is 2.94. The van der Waals surface area contributed by atoms with Gasteiger partial charge in [0.2, 0.25) is 5.91 Å². The van der Waals surface area contributed by atoms with Gasteiger partial charge in [-0.25, -0.2) is 4.79 Å². The van der Waals surface area contributed by atoms with Gasteiger partial charge in [-0.3, -0.25) is 19.8 Å². The highest BCUT2D eigenvalue weighted by Crippen LogP contribution is 2.30. The number of anilines is 1. The normalized spacial score (nSPS) is 11.7. The van der Waals surface area contributed by atoms with Crippen molar-refractivity contribution in [3.63, 3.8) is 0 Å². The van der Waals surface area contributed by atoms with E-state index < -0.39 is 39.9 Å². The van der Waals surface area contributed by atoms with Crippen molar-refractivity contribution in [2.24, 2.45) is 11.7 Å². The third kappa shape index (κ3) is 7.79. The van der Waals surface area contributed by atoms with Crippen molar-refractivity contribution in [3.05, 3.63) is 89.0 Å². The molecule has 1 atom stereocenters. The topological polar surface area (TPSA) is 198 Å². The lowest BCUT2D eigenvalue weighted by Crippen LogP contribution is -2.48. The molecular weight excluding hydrogens is 562 g/mol. The zero-order chi connectivity index (χ0) is 31.2. The molecule has 0 spiro atoms. The lowest BCUT2D eigenvalue weighted by Gasteiger charge is -2.21. The number of hydrogen-bond donors (Lipinski definition) is 5. The largest absolute Gasteiger partial charge is 0.384 e. The number of hydrogen-bond acceptors (Lipinski definition) is 8. The molecule has 0 saturated heterocycles. The van der Waals surface area contributed by atoms with Gasteiger partial charge in [-0.05, 0) is 59.5 Å². The van der Waals surface area contributed by atoms with Crippen molar-refractivity contribution in [3.8, 4) is 11.1 Å². The van der Waals surface area contributed by atoms with Crippen LogP contribution in [0.25, 0.3) is 11.1 Å². The molecule has 42 heavy (non-hydrogen) atoms. The fraction of sp³-hybridized carbons (Fsp3) is 0.207. The molecule has 220 valence electrons. The monoisotopic (exact) mass is 593 g/mol. The molecule has 3 amide bonds. The Morgan fingerprint density at radius 1 is 0.857 bits per heavy atom. The number of carbonyl (C=O) groups is 4. The fourth-order valence-corrected chi connectivity index (χ4v) is 4.40. The lowest BCUT2D eigenvalue weighted by atomic mass is 9.93. The molecule has 0 heterocycles. The van der Waals surface area contributed by atoms with Crippen LogP contribution in [0.15, 0.2) is 66.7 Å². The standard InChI is InChI=1S/C29H31N5O7S/c1-16(2)24(28(37)32-3)34-26(35)18-11-14-21(23(15-18)29(38)41-42(4,39)40)20-7-5-6-8-22(20)27(36)33-19-12-9-17(10-13-19)25(30)31/h5-16,24H,1-4H3,(H3,30,31)(H,32,37)(H,33,36)(H,34,35). The number of benzene rings is 3. The number of amides is 3. The van der Waals surface area contributed by atoms with Crippen molar-refractivity contribution in [2.75, 3.05) is 18.6 Å². The van der Waals surface area contributed by atoms with Crippen LogP contribution in [-0.4, -0.2) is 57.3 Å². The van der Waals surface area contributed by atoms with E-state index in [0.29, 0.717) is 17.5 Å². The number of likely N-dealkylation sites (N-methyl/N-ethyl adjacent to an activating group) is 1. The predicted molar refractivity (Wildman–Crippen MR) is 158 cm³/mol. The molecule has 0 aliphatic rings. The predicted octanol–water partition coefficient (Wildman–Crippen LogP) is 2.51. The Bertz CT molecular complexity index is 1650. The Labute approximate surface area is 243 Å². The van der Waals surface area contributed by atoms with E-state index >= 15 is 0 Å². The summed E-state index contributed by atoms with van der Waals surface area (Å²) in [6.07, 6.45) is 0.705. The zero-order valence-electron chi connectivity index (χ0n) is 23.3. The van der Waals surface area contributed by atoms with Crippen LogP contribution < -0.4 is 21.7 Å². The van der Waals surface area contributed by atoms with Crippen molar-refractivity contribution in [1.82, 2.24) is 10.6 Å². The van der Waals surface area contributed by atoms with E-state index in [9.17, 15) is 27.6 Å². The second-order valence-corrected chi connectivity index (χ2v) is 11.2. The Hall–Kier alpha value is -5.04. The van der Waals surface area contributed by atoms with Gasteiger partial charge in [-0.1, -0.05) is 38.1 Å². The van der Waals surface area contributed by atoms with Crippen molar-refractivity contribution < 1.29 is 31.8 Å². The number of nitrogens with two attached hydrogens (primary N) is 1. The average molecular weight is 594 g/mol. The first-order valence-corrected chi connectivity index (χ1v) is 14.5. The number of amidine groups is 1. The molecule has 3 aromatic carbocycles. The Kier molecular flexibility index (Phi) is 9.81. The molecule has 6 N–H and O–H groups in total. The van der Waals surface area contributed by atoms with Gasteiger partial charge in [-0.2, -0.15) is 8.42 Å². The van der Waals surface area contributed by atoms with E-state index in [1.807, 2.05) is 0 Å². The summed E-state index contributed by atoms with van der Waals surface area (Å²) < 4.78 is 28.2. The van der Waals surface area contributed by atoms with Gasteiger partial charge in [-0.15, -0.1) is 0 Å². The van der Waals surface area contributed by atoms with Gasteiger partial charge < -0.3 is 25.9 Å². The summed E-state index contributed by atoms with van der Waals surface area (Å²) >= 11 is 0. The van der Waals surface area contributed by atoms with Crippen LogP contribution in [0, 0.1) is 11.3 Å². The van der Waals surface area contributed by atoms with E-state index in [1.54, 1.807) is 56.3 Å². The van der Waals surface area contributed by atoms with Crippen molar-refractivity contribution in [2.45, 2.75) is 19.9 Å². The number of nitrogens with one attached hydrogen (secondary N) is 4. The molecule has 0 aromatic heterocycles. The van der Waals surface area contributed by atoms with E-state index in [2.05, 4.69) is 20.1 Å². The second kappa shape index (κ2) is 13.1. The number of nitrogen functional groups attached to an aromatic ring is 1. The van der Waals surface area contributed by atoms with Crippen LogP contribution in [0.4, 0.5) is 5.69 Å². The SMILES string of the molecule is CNC(=O)C(NC(=O)c1ccc(-c2ccccc2C(=O)Nc2ccc(C(=N)N)cc2)c(C(=O)OS(C)(=O)=O)c1)C(C)C. The van der Waals surface area contributed by atoms with Gasteiger partial charge in [0.25, 0.3) is 11.8 Å². The van der Waals surface area contributed by atoms with Crippen LogP contribution in [0.2, 0.25) is 0 Å². The summed E-state index contributed by atoms with van der Waals surface area (Å²) in [6.45, 7) is 3.50. The summed E-state index contributed by atoms with van der Waals surface area (Å²) in [5, 5.41) is 15.3. The molecule has 0 radical (unpaired) electrons. The minimum atomic E-state index is -4.23. The summed E-state index contributed by atoms with van der Waals surface area (Å²) in [4.78, 5) is 51.7. The molecule has 13 heteroatoms. The van der Waals surface area contributed by atoms with Gasteiger partial charge in [0, 0.05) is 29.4 Å². The molecule has 0 bridgehead atoms. The molecule has 0 aliphatic carbocycles. The molecule has 0 saturated carbocycles. The van der Waals surface area contributed by atoms with Gasteiger partial charge in [0.1, 0.15) is 11.9 Å². The minimum absolute atomic E-state index is 0.0405. The van der Waals surface area contributed by atoms with Crippen LogP contribution in [0.3, 0.4) is 0 Å². The summed E-state index contributed by atoms with van der Waals surface area (Å²) in [5.41, 5.74) is 6.56. The third-order valence-corrected chi connectivity index (χ3v) is 6.58. The molecule has 0 aliphatic heterocycles. The Balaban J connectivity index is 2.06. The highest BCUT2D eigenvalue weighted by atomic mass is 32.2. The van der Waals surface area contributed by atoms with E-state index in [0.717, 1.165) is 6.07 Å². The number of rotatable bonds is 10. The van der Waals surface area contributed by atoms with E-state index in [-0.39, 0.29) is 39.6 Å². The highest BCUT2D eigenvalue weighted by molar-refractivity contribution is 7.86. The third-order valence-electron chi connectivity index (χ3n) is 6.13. The molecule has 1 unspecified atom stereocenters. The molecular formula is C29H31N5O7S. The smallest absolute Gasteiger partial charge is 0.354 e. The molecule has 3 rings (SSSR count). The highest BCUT2D eigenvalue weighted by Gasteiger charge is 2.27. The maximum Gasteiger partial charge on any atom is 0.354 e. The van der Waals surface area contributed by atoms with Gasteiger partial charge >= 0.3 is 16.1 Å². The Morgan fingerprint density at radius 2 is 1.45 bits per heavy atom. The molecule has 3 aromatic rings. The maximum absolute atomic E-state index is 13.3. The van der Waals surface area contributed by atoms with Crippen LogP contribution in [-0.2, 0) is 19.1 Å². The first-order valence-electron chi connectivity index (χ1n) is 12.7. The minimum Gasteiger partial charge on any atom is -0.384 e. The summed E-state index contributed by atoms with van der Waals surface area (Å²) in [6, 6.07) is 15.6. The summed E-state index contributed by atoms with van der Waals surface area (Å²) in [7, 11) is -2.79. The lowest BCUT2D eigenvalue weighted by molar-refractivity contribution is -0.123. The number of carbonyl (C=O) groups excluding carboxylic acids is 4. The first kappa shape index (κ1) is 31.5. The van der Waals surface area contributed by atoms with Gasteiger partial charge in [0.05, 0.1) is 11.8 Å². The van der Waals surface area contributed by atoms with E-state index in [1.165, 1.54) is 25.2 Å². The van der Waals surface area contributed by atoms with Crippen LogP contribution in [0.5, 0.6) is 0 Å². The maximum atomic E-state index is 13.3. The van der Waals surface area contributed by atoms with E-state index in [4.69, 9.17) is 11.1 Å². The quantitative estimate of drug-likeness (QED) is 0.134. The zero-order valence-corrected chi connectivity index (χ0v) is 24.2. The second-order valence-electron chi connectivity index (χ2n) is 9.64. The fourth-order valence-electron chi connectivity index (χ4n) is 4.03. The van der Waals surface area contributed by atoms with Crippen LogP contribution >= 0.6 is 0 Å². The van der Waals surface area contributed by atoms with Crippen molar-refractivity contribution in [1.29, 1.82) is 5.41 Å². The molecule has 12 nitrogen and oxygen atoms in total. The van der Waals surface area contributed by atoms with Crippen molar-refractivity contribution >= 4 is 45.3 Å². The van der Waals surface area contributed by atoms with Gasteiger partial charge in [0.15, 0.2) is 0 Å². The molecule has 0 fully saturated rings. The van der Waals surface area contributed by atoms with Crippen LogP contribution in [0.1, 0.15) is 50.5 Å².